The van der Waals surface area contributed by atoms with Gasteiger partial charge in [-0.05, 0) is 11.5 Å². The van der Waals surface area contributed by atoms with Crippen LogP contribution in [0.15, 0.2) is 0 Å². The van der Waals surface area contributed by atoms with Crippen LogP contribution >= 0.6 is 8.03 Å². The molecule has 11 heavy (non-hydrogen) atoms. The molecule has 0 aromatic rings. The maximum absolute atomic E-state index is 10.8. The molecular weight excluding hydrogens is 167 g/mol. The van der Waals surface area contributed by atoms with Gasteiger partial charge in [0.05, 0.1) is 20.1 Å². The number of ether oxygens (including phenoxy) is 1. The van der Waals surface area contributed by atoms with E-state index in [2.05, 4.69) is 4.74 Å². The number of hydrogen-bond donors (Lipinski definition) is 0. The molecule has 0 rings (SSSR count). The molecule has 5 heteroatoms. The molecular formula is C6H12O4P+. The molecule has 0 aliphatic rings. The van der Waals surface area contributed by atoms with Crippen molar-refractivity contribution in [1.82, 2.24) is 0 Å². The van der Waals surface area contributed by atoms with Gasteiger partial charge in [-0.3, -0.25) is 4.79 Å². The Balaban J connectivity index is 3.38. The summed E-state index contributed by atoms with van der Waals surface area (Å²) >= 11 is 0. The average molecular weight is 179 g/mol. The van der Waals surface area contributed by atoms with E-state index in [0.29, 0.717) is 6.61 Å². The van der Waals surface area contributed by atoms with Crippen LogP contribution in [0.4, 0.5) is 0 Å². The number of hydrogen-bond acceptors (Lipinski definition) is 4. The van der Waals surface area contributed by atoms with Crippen molar-refractivity contribution >= 4 is 14.0 Å². The first-order valence-electron chi connectivity index (χ1n) is 3.35. The van der Waals surface area contributed by atoms with E-state index >= 15 is 0 Å². The maximum Gasteiger partial charge on any atom is 0.508 e. The molecule has 64 valence electrons. The Hall–Kier alpha value is -0.470. The standard InChI is InChI=1S/C6H12O4P/c1-3-10-11(8)5-4-6(7)9-2/h3-5H2,1-2H3/q+1. The highest BCUT2D eigenvalue weighted by molar-refractivity contribution is 7.39. The number of methoxy groups -OCH3 is 1. The van der Waals surface area contributed by atoms with Gasteiger partial charge in [0.25, 0.3) is 0 Å². The Bertz CT molecular complexity index is 146. The maximum atomic E-state index is 10.8. The molecule has 0 amide bonds. The third kappa shape index (κ3) is 5.95. The molecule has 0 spiro atoms. The monoisotopic (exact) mass is 179 g/mol. The molecule has 0 aliphatic carbocycles. The average Bonchev–Trinajstić information content (AvgIpc) is 2.01. The molecule has 0 fully saturated rings. The molecule has 0 aromatic heterocycles. The van der Waals surface area contributed by atoms with Crippen molar-refractivity contribution in [2.24, 2.45) is 0 Å². The van der Waals surface area contributed by atoms with Gasteiger partial charge >= 0.3 is 14.0 Å². The van der Waals surface area contributed by atoms with Crippen molar-refractivity contribution in [1.29, 1.82) is 0 Å². The summed E-state index contributed by atoms with van der Waals surface area (Å²) in [4.78, 5) is 10.5. The van der Waals surface area contributed by atoms with Crippen LogP contribution in [-0.2, 0) is 18.6 Å². The van der Waals surface area contributed by atoms with Crippen molar-refractivity contribution < 1.29 is 18.6 Å². The molecule has 4 nitrogen and oxygen atoms in total. The van der Waals surface area contributed by atoms with Gasteiger partial charge in [0.2, 0.25) is 0 Å². The summed E-state index contributed by atoms with van der Waals surface area (Å²) in [6.45, 7) is 2.17. The predicted octanol–water partition coefficient (Wildman–Crippen LogP) is 1.33. The van der Waals surface area contributed by atoms with Crippen LogP contribution < -0.4 is 0 Å². The number of carbonyl (C=O) groups excluding carboxylic acids is 1. The lowest BCUT2D eigenvalue weighted by atomic mass is 10.5. The second-order valence-electron chi connectivity index (χ2n) is 1.80. The molecule has 0 heterocycles. The Kier molecular flexibility index (Phi) is 5.99. The van der Waals surface area contributed by atoms with Crippen molar-refractivity contribution in [3.63, 3.8) is 0 Å². The summed E-state index contributed by atoms with van der Waals surface area (Å²) in [5.41, 5.74) is 0. The fourth-order valence-corrected chi connectivity index (χ4v) is 1.28. The third-order valence-corrected chi connectivity index (χ3v) is 2.13. The number of rotatable bonds is 5. The Morgan fingerprint density at radius 3 is 2.64 bits per heavy atom. The van der Waals surface area contributed by atoms with Gasteiger partial charge in [0.15, 0.2) is 6.16 Å². The van der Waals surface area contributed by atoms with Crippen LogP contribution in [0.3, 0.4) is 0 Å². The number of esters is 1. The van der Waals surface area contributed by atoms with E-state index in [4.69, 9.17) is 4.52 Å². The van der Waals surface area contributed by atoms with Gasteiger partial charge in [-0.15, -0.1) is 4.52 Å². The quantitative estimate of drug-likeness (QED) is 0.472. The van der Waals surface area contributed by atoms with Crippen LogP contribution in [0.2, 0.25) is 0 Å². The van der Waals surface area contributed by atoms with Crippen molar-refractivity contribution in [3.05, 3.63) is 0 Å². The van der Waals surface area contributed by atoms with Crippen molar-refractivity contribution in [2.45, 2.75) is 13.3 Å². The first-order chi connectivity index (χ1) is 5.20. The SMILES string of the molecule is CCO[P+](=O)CCC(=O)OC. The zero-order chi connectivity index (χ0) is 8.69. The summed E-state index contributed by atoms with van der Waals surface area (Å²) < 4.78 is 19.9. The van der Waals surface area contributed by atoms with E-state index in [-0.39, 0.29) is 18.6 Å². The summed E-state index contributed by atoms with van der Waals surface area (Å²) in [5, 5.41) is 0. The summed E-state index contributed by atoms with van der Waals surface area (Å²) in [7, 11) is -0.368. The molecule has 0 aromatic carbocycles. The van der Waals surface area contributed by atoms with E-state index in [1.54, 1.807) is 6.92 Å². The highest BCUT2D eigenvalue weighted by atomic mass is 31.1. The van der Waals surface area contributed by atoms with E-state index in [0.717, 1.165) is 0 Å². The van der Waals surface area contributed by atoms with Gasteiger partial charge < -0.3 is 4.74 Å². The van der Waals surface area contributed by atoms with E-state index in [9.17, 15) is 9.36 Å². The molecule has 0 bridgehead atoms. The van der Waals surface area contributed by atoms with Crippen LogP contribution in [0, 0.1) is 0 Å². The van der Waals surface area contributed by atoms with Gasteiger partial charge in [-0.25, -0.2) is 0 Å². The van der Waals surface area contributed by atoms with Crippen LogP contribution in [0.25, 0.3) is 0 Å². The van der Waals surface area contributed by atoms with Gasteiger partial charge in [0.1, 0.15) is 0 Å². The van der Waals surface area contributed by atoms with Crippen molar-refractivity contribution in [3.8, 4) is 0 Å². The summed E-state index contributed by atoms with van der Waals surface area (Å²) in [5.74, 6) is -0.354. The first-order valence-corrected chi connectivity index (χ1v) is 4.71. The second-order valence-corrected chi connectivity index (χ2v) is 3.17. The highest BCUT2D eigenvalue weighted by Crippen LogP contribution is 2.22. The number of carbonyl (C=O) groups is 1. The zero-order valence-corrected chi connectivity index (χ0v) is 7.60. The molecule has 0 N–H and O–H groups in total. The second kappa shape index (κ2) is 6.25. The smallest absolute Gasteiger partial charge is 0.469 e. The minimum Gasteiger partial charge on any atom is -0.469 e. The van der Waals surface area contributed by atoms with Gasteiger partial charge in [-0.1, -0.05) is 0 Å². The topological polar surface area (TPSA) is 52.6 Å². The van der Waals surface area contributed by atoms with Crippen molar-refractivity contribution in [2.75, 3.05) is 19.9 Å². The van der Waals surface area contributed by atoms with Gasteiger partial charge in [0, 0.05) is 0 Å². The Labute approximate surface area is 66.7 Å². The normalized spacial score (nSPS) is 10.9. The molecule has 1 unspecified atom stereocenters. The predicted molar refractivity (Wildman–Crippen MR) is 40.7 cm³/mol. The zero-order valence-electron chi connectivity index (χ0n) is 6.70. The largest absolute Gasteiger partial charge is 0.508 e. The Morgan fingerprint density at radius 1 is 1.55 bits per heavy atom. The van der Waals surface area contributed by atoms with Crippen LogP contribution in [0.5, 0.6) is 0 Å². The first kappa shape index (κ1) is 10.5. The fourth-order valence-electron chi connectivity index (χ4n) is 0.493. The van der Waals surface area contributed by atoms with Crippen LogP contribution in [0.1, 0.15) is 13.3 Å². The summed E-state index contributed by atoms with van der Waals surface area (Å²) in [6, 6.07) is 0. The third-order valence-electron chi connectivity index (χ3n) is 0.999. The van der Waals surface area contributed by atoms with E-state index < -0.39 is 8.03 Å². The minimum atomic E-state index is -1.67. The molecule has 1 atom stereocenters. The Morgan fingerprint density at radius 2 is 2.18 bits per heavy atom. The van der Waals surface area contributed by atoms with E-state index in [1.165, 1.54) is 7.11 Å². The lowest BCUT2D eigenvalue weighted by Gasteiger charge is -1.90. The molecule has 0 saturated heterocycles. The highest BCUT2D eigenvalue weighted by Gasteiger charge is 2.18. The van der Waals surface area contributed by atoms with E-state index in [1.807, 2.05) is 0 Å². The van der Waals surface area contributed by atoms with Crippen LogP contribution in [-0.4, -0.2) is 25.8 Å². The minimum absolute atomic E-state index is 0.158. The van der Waals surface area contributed by atoms with Gasteiger partial charge in [-0.2, -0.15) is 0 Å². The molecule has 0 radical (unpaired) electrons. The molecule has 0 aliphatic heterocycles. The lowest BCUT2D eigenvalue weighted by Crippen LogP contribution is -2.01. The molecule has 0 saturated carbocycles. The summed E-state index contributed by atoms with van der Waals surface area (Å²) in [6.07, 6.45) is 0.404. The fraction of sp³-hybridized carbons (Fsp3) is 0.833. The lowest BCUT2D eigenvalue weighted by molar-refractivity contribution is -0.140.